The Bertz CT molecular complexity index is 1170. The first-order chi connectivity index (χ1) is 15.9. The molecule has 1 aliphatic rings. The van der Waals surface area contributed by atoms with E-state index in [9.17, 15) is 14.4 Å². The number of hydrogen-bond donors (Lipinski definition) is 2. The minimum Gasteiger partial charge on any atom is -0.462 e. The van der Waals surface area contributed by atoms with Gasteiger partial charge in [-0.1, -0.05) is 5.16 Å². The molecule has 2 aromatic heterocycles. The lowest BCUT2D eigenvalue weighted by atomic mass is 10.2. The summed E-state index contributed by atoms with van der Waals surface area (Å²) in [4.78, 5) is 44.0. The van der Waals surface area contributed by atoms with Crippen molar-refractivity contribution >= 4 is 39.9 Å². The number of ether oxygens (including phenoxy) is 1. The van der Waals surface area contributed by atoms with Crippen molar-refractivity contribution in [2.75, 3.05) is 30.3 Å². The fourth-order valence-electron chi connectivity index (χ4n) is 3.38. The van der Waals surface area contributed by atoms with Crippen LogP contribution in [0.5, 0.6) is 0 Å². The highest BCUT2D eigenvalue weighted by Gasteiger charge is 2.23. The summed E-state index contributed by atoms with van der Waals surface area (Å²) in [7, 11) is 0. The van der Waals surface area contributed by atoms with Gasteiger partial charge in [-0.25, -0.2) is 9.78 Å². The zero-order chi connectivity index (χ0) is 23.4. The third kappa shape index (κ3) is 5.62. The number of anilines is 2. The monoisotopic (exact) mass is 469 g/mol. The second-order valence-electron chi connectivity index (χ2n) is 7.47. The van der Waals surface area contributed by atoms with E-state index in [1.165, 1.54) is 11.3 Å². The molecule has 0 radical (unpaired) electrons. The molecule has 33 heavy (non-hydrogen) atoms. The first-order valence-corrected chi connectivity index (χ1v) is 11.3. The average molecular weight is 470 g/mol. The van der Waals surface area contributed by atoms with Gasteiger partial charge < -0.3 is 14.6 Å². The molecule has 3 aromatic rings. The molecule has 0 saturated heterocycles. The van der Waals surface area contributed by atoms with E-state index in [4.69, 9.17) is 9.26 Å². The molecule has 1 aliphatic heterocycles. The van der Waals surface area contributed by atoms with Gasteiger partial charge >= 0.3 is 5.97 Å². The second kappa shape index (κ2) is 9.92. The summed E-state index contributed by atoms with van der Waals surface area (Å²) in [6.45, 7) is 5.25. The van der Waals surface area contributed by atoms with Gasteiger partial charge in [-0.05, 0) is 38.1 Å². The minimum absolute atomic E-state index is 0.151. The molecule has 0 unspecified atom stereocenters. The molecule has 11 heteroatoms. The van der Waals surface area contributed by atoms with Crippen molar-refractivity contribution in [2.24, 2.45) is 0 Å². The third-order valence-electron chi connectivity index (χ3n) is 4.94. The van der Waals surface area contributed by atoms with Crippen LogP contribution in [0.1, 0.15) is 44.1 Å². The maximum absolute atomic E-state index is 12.5. The van der Waals surface area contributed by atoms with E-state index in [1.54, 1.807) is 44.2 Å². The average Bonchev–Trinajstić information content (AvgIpc) is 3.39. The van der Waals surface area contributed by atoms with Gasteiger partial charge in [-0.3, -0.25) is 19.8 Å². The first-order valence-electron chi connectivity index (χ1n) is 10.4. The molecule has 3 heterocycles. The standard InChI is InChI=1S/C22H23N5O5S/c1-3-31-21(30)14-4-6-15(7-5-14)23-19(28)12-27-9-8-16-18(11-27)33-22(24-16)25-20(29)17-10-13(2)32-26-17/h4-7,10H,3,8-9,11-12H2,1-2H3,(H,23,28)(H,24,25,29). The third-order valence-corrected chi connectivity index (χ3v) is 5.94. The Morgan fingerprint density at radius 2 is 2.00 bits per heavy atom. The lowest BCUT2D eigenvalue weighted by Gasteiger charge is -2.25. The van der Waals surface area contributed by atoms with Crippen LogP contribution in [0.2, 0.25) is 0 Å². The van der Waals surface area contributed by atoms with Crippen LogP contribution < -0.4 is 10.6 Å². The number of nitrogens with zero attached hydrogens (tertiary/aromatic N) is 3. The number of aryl methyl sites for hydroxylation is 1. The number of benzene rings is 1. The number of carbonyl (C=O) groups is 3. The molecule has 2 N–H and O–H groups in total. The van der Waals surface area contributed by atoms with E-state index < -0.39 is 5.97 Å². The first kappa shape index (κ1) is 22.6. The van der Waals surface area contributed by atoms with Crippen LogP contribution >= 0.6 is 11.3 Å². The molecule has 0 spiro atoms. The van der Waals surface area contributed by atoms with Gasteiger partial charge in [0.2, 0.25) is 5.91 Å². The predicted molar refractivity (Wildman–Crippen MR) is 121 cm³/mol. The van der Waals surface area contributed by atoms with E-state index in [-0.39, 0.29) is 24.1 Å². The Labute approximate surface area is 193 Å². The molecule has 172 valence electrons. The predicted octanol–water partition coefficient (Wildman–Crippen LogP) is 2.87. The number of rotatable bonds is 7. The number of nitrogens with one attached hydrogen (secondary N) is 2. The van der Waals surface area contributed by atoms with Crippen molar-refractivity contribution in [2.45, 2.75) is 26.8 Å². The summed E-state index contributed by atoms with van der Waals surface area (Å²) in [6.07, 6.45) is 0.687. The van der Waals surface area contributed by atoms with Crippen molar-refractivity contribution in [1.29, 1.82) is 0 Å². The molecule has 0 fully saturated rings. The highest BCUT2D eigenvalue weighted by molar-refractivity contribution is 7.15. The SMILES string of the molecule is CCOC(=O)c1ccc(NC(=O)CN2CCc3nc(NC(=O)c4cc(C)on4)sc3C2)cc1. The summed E-state index contributed by atoms with van der Waals surface area (Å²) in [5, 5.41) is 9.81. The summed E-state index contributed by atoms with van der Waals surface area (Å²) >= 11 is 1.39. The Balaban J connectivity index is 1.30. The summed E-state index contributed by atoms with van der Waals surface area (Å²) < 4.78 is 9.89. The van der Waals surface area contributed by atoms with Crippen LogP contribution in [-0.4, -0.2) is 52.5 Å². The Morgan fingerprint density at radius 3 is 2.70 bits per heavy atom. The normalized spacial score (nSPS) is 13.3. The number of amides is 2. The molecule has 2 amide bonds. The van der Waals surface area contributed by atoms with E-state index in [2.05, 4.69) is 20.8 Å². The topological polar surface area (TPSA) is 127 Å². The quantitative estimate of drug-likeness (QED) is 0.506. The zero-order valence-electron chi connectivity index (χ0n) is 18.2. The maximum Gasteiger partial charge on any atom is 0.338 e. The maximum atomic E-state index is 12.5. The Kier molecular flexibility index (Phi) is 6.80. The molecule has 10 nitrogen and oxygen atoms in total. The molecule has 0 aliphatic carbocycles. The van der Waals surface area contributed by atoms with Crippen LogP contribution in [0.25, 0.3) is 0 Å². The summed E-state index contributed by atoms with van der Waals surface area (Å²) in [5.74, 6) is -0.358. The van der Waals surface area contributed by atoms with Crippen LogP contribution in [0, 0.1) is 6.92 Å². The van der Waals surface area contributed by atoms with Crippen molar-refractivity contribution in [3.63, 3.8) is 0 Å². The van der Waals surface area contributed by atoms with Crippen LogP contribution in [0.3, 0.4) is 0 Å². The van der Waals surface area contributed by atoms with Gasteiger partial charge in [-0.15, -0.1) is 11.3 Å². The zero-order valence-corrected chi connectivity index (χ0v) is 19.0. The smallest absolute Gasteiger partial charge is 0.338 e. The lowest BCUT2D eigenvalue weighted by Crippen LogP contribution is -2.36. The fraction of sp³-hybridized carbons (Fsp3) is 0.318. The van der Waals surface area contributed by atoms with E-state index >= 15 is 0 Å². The number of fused-ring (bicyclic) bond motifs is 1. The van der Waals surface area contributed by atoms with Crippen molar-refractivity contribution in [1.82, 2.24) is 15.0 Å². The Morgan fingerprint density at radius 1 is 1.21 bits per heavy atom. The second-order valence-corrected chi connectivity index (χ2v) is 8.56. The fourth-order valence-corrected chi connectivity index (χ4v) is 4.42. The Hall–Kier alpha value is -3.57. The van der Waals surface area contributed by atoms with Crippen LogP contribution in [0.4, 0.5) is 10.8 Å². The number of esters is 1. The van der Waals surface area contributed by atoms with E-state index in [0.717, 1.165) is 10.6 Å². The molecule has 0 bridgehead atoms. The number of thiazole rings is 1. The molecular weight excluding hydrogens is 446 g/mol. The van der Waals surface area contributed by atoms with Crippen LogP contribution in [0.15, 0.2) is 34.9 Å². The molecule has 0 saturated carbocycles. The number of hydrogen-bond acceptors (Lipinski definition) is 9. The minimum atomic E-state index is -0.393. The van der Waals surface area contributed by atoms with Crippen molar-refractivity contribution in [3.05, 3.63) is 57.9 Å². The molecule has 0 atom stereocenters. The lowest BCUT2D eigenvalue weighted by molar-refractivity contribution is -0.117. The van der Waals surface area contributed by atoms with Gasteiger partial charge in [0.05, 0.1) is 24.4 Å². The number of carbonyl (C=O) groups excluding carboxylic acids is 3. The van der Waals surface area contributed by atoms with Gasteiger partial charge in [0, 0.05) is 36.1 Å². The summed E-state index contributed by atoms with van der Waals surface area (Å²) in [6, 6.07) is 8.15. The molecule has 4 rings (SSSR count). The highest BCUT2D eigenvalue weighted by atomic mass is 32.1. The highest BCUT2D eigenvalue weighted by Crippen LogP contribution is 2.28. The molecular formula is C22H23N5O5S. The number of aromatic nitrogens is 2. The van der Waals surface area contributed by atoms with Crippen molar-refractivity contribution < 1.29 is 23.6 Å². The largest absolute Gasteiger partial charge is 0.462 e. The van der Waals surface area contributed by atoms with Gasteiger partial charge in [0.15, 0.2) is 10.8 Å². The van der Waals surface area contributed by atoms with Crippen molar-refractivity contribution in [3.8, 4) is 0 Å². The van der Waals surface area contributed by atoms with Gasteiger partial charge in [-0.2, -0.15) is 0 Å². The van der Waals surface area contributed by atoms with E-state index in [1.807, 2.05) is 4.90 Å². The van der Waals surface area contributed by atoms with Gasteiger partial charge in [0.1, 0.15) is 5.76 Å². The summed E-state index contributed by atoms with van der Waals surface area (Å²) in [5.41, 5.74) is 2.17. The van der Waals surface area contributed by atoms with E-state index in [0.29, 0.717) is 48.3 Å². The van der Waals surface area contributed by atoms with Gasteiger partial charge in [0.25, 0.3) is 5.91 Å². The van der Waals surface area contributed by atoms with Crippen LogP contribution in [-0.2, 0) is 22.5 Å². The molecule has 1 aromatic carbocycles.